The van der Waals surface area contributed by atoms with E-state index in [4.69, 9.17) is 4.74 Å². The van der Waals surface area contributed by atoms with Gasteiger partial charge in [-0.15, -0.1) is 0 Å². The SMILES string of the molecule is C=C/C=C(/Oc1ccc(CNC(=O)C2(NC(=O)c3cncnc3)CC2)cc1)C(=C)C(C)C. The average molecular weight is 433 g/mol. The summed E-state index contributed by atoms with van der Waals surface area (Å²) in [6.45, 7) is 12.3. The Morgan fingerprint density at radius 2 is 1.84 bits per heavy atom. The molecule has 1 aliphatic rings. The summed E-state index contributed by atoms with van der Waals surface area (Å²) < 4.78 is 5.95. The summed E-state index contributed by atoms with van der Waals surface area (Å²) >= 11 is 0. The maximum atomic E-state index is 12.7. The average Bonchev–Trinajstić information content (AvgIpc) is 3.58. The molecule has 0 aliphatic heterocycles. The lowest BCUT2D eigenvalue weighted by molar-refractivity contribution is -0.124. The second-order valence-electron chi connectivity index (χ2n) is 8.04. The van der Waals surface area contributed by atoms with E-state index in [9.17, 15) is 9.59 Å². The van der Waals surface area contributed by atoms with Crippen LogP contribution in [0, 0.1) is 5.92 Å². The Labute approximate surface area is 188 Å². The maximum Gasteiger partial charge on any atom is 0.255 e. The van der Waals surface area contributed by atoms with E-state index in [1.54, 1.807) is 12.2 Å². The van der Waals surface area contributed by atoms with Gasteiger partial charge in [-0.05, 0) is 48.1 Å². The molecule has 0 unspecified atom stereocenters. The van der Waals surface area contributed by atoms with E-state index in [1.807, 2.05) is 24.3 Å². The first kappa shape index (κ1) is 22.9. The minimum Gasteiger partial charge on any atom is -0.457 e. The molecule has 1 aromatic carbocycles. The lowest BCUT2D eigenvalue weighted by Gasteiger charge is -2.17. The molecular weight excluding hydrogens is 404 g/mol. The Morgan fingerprint density at radius 3 is 2.41 bits per heavy atom. The van der Waals surface area contributed by atoms with Crippen LogP contribution in [-0.4, -0.2) is 27.3 Å². The number of aromatic nitrogens is 2. The van der Waals surface area contributed by atoms with Crippen LogP contribution in [0.25, 0.3) is 0 Å². The fraction of sp³-hybridized carbons (Fsp3) is 0.280. The lowest BCUT2D eigenvalue weighted by atomic mass is 10.0. The first-order chi connectivity index (χ1) is 15.3. The molecule has 32 heavy (non-hydrogen) atoms. The number of rotatable bonds is 10. The monoisotopic (exact) mass is 432 g/mol. The van der Waals surface area contributed by atoms with Gasteiger partial charge in [-0.3, -0.25) is 9.59 Å². The third kappa shape index (κ3) is 5.69. The van der Waals surface area contributed by atoms with Crippen LogP contribution in [0.15, 0.2) is 79.6 Å². The zero-order valence-corrected chi connectivity index (χ0v) is 18.4. The van der Waals surface area contributed by atoms with Crippen LogP contribution in [0.3, 0.4) is 0 Å². The van der Waals surface area contributed by atoms with E-state index in [0.717, 1.165) is 11.1 Å². The van der Waals surface area contributed by atoms with Crippen molar-refractivity contribution in [3.05, 3.63) is 90.8 Å². The third-order valence-corrected chi connectivity index (χ3v) is 5.25. The highest BCUT2D eigenvalue weighted by Gasteiger charge is 2.51. The highest BCUT2D eigenvalue weighted by molar-refractivity contribution is 6.00. The van der Waals surface area contributed by atoms with Crippen LogP contribution in [0.5, 0.6) is 5.75 Å². The van der Waals surface area contributed by atoms with Crippen LogP contribution >= 0.6 is 0 Å². The summed E-state index contributed by atoms with van der Waals surface area (Å²) in [7, 11) is 0. The standard InChI is InChI=1S/C25H28N4O3/c1-5-6-22(18(4)17(2)3)32-21-9-7-19(8-10-21)13-28-24(31)25(11-12-25)29-23(30)20-14-26-16-27-15-20/h5-10,14-17H,1,4,11-13H2,2-3H3,(H,28,31)(H,29,30)/b22-6+. The van der Waals surface area contributed by atoms with Gasteiger partial charge in [0.15, 0.2) is 0 Å². The van der Waals surface area contributed by atoms with Gasteiger partial charge in [0.2, 0.25) is 5.91 Å². The molecule has 1 fully saturated rings. The molecule has 166 valence electrons. The highest BCUT2D eigenvalue weighted by atomic mass is 16.5. The van der Waals surface area contributed by atoms with Crippen LogP contribution in [0.1, 0.15) is 42.6 Å². The van der Waals surface area contributed by atoms with Crippen molar-refractivity contribution in [1.29, 1.82) is 0 Å². The number of carbonyl (C=O) groups is 2. The summed E-state index contributed by atoms with van der Waals surface area (Å²) in [5, 5.41) is 5.72. The van der Waals surface area contributed by atoms with E-state index in [2.05, 4.69) is 47.6 Å². The van der Waals surface area contributed by atoms with Gasteiger partial charge in [0.1, 0.15) is 23.4 Å². The maximum absolute atomic E-state index is 12.7. The van der Waals surface area contributed by atoms with Gasteiger partial charge in [-0.25, -0.2) is 9.97 Å². The predicted molar refractivity (Wildman–Crippen MR) is 123 cm³/mol. The first-order valence-corrected chi connectivity index (χ1v) is 10.5. The van der Waals surface area contributed by atoms with Gasteiger partial charge in [0.25, 0.3) is 5.91 Å². The van der Waals surface area contributed by atoms with Crippen molar-refractivity contribution >= 4 is 11.8 Å². The number of amides is 2. The van der Waals surface area contributed by atoms with Crippen LogP contribution in [-0.2, 0) is 11.3 Å². The van der Waals surface area contributed by atoms with Crippen molar-refractivity contribution in [2.45, 2.75) is 38.8 Å². The first-order valence-electron chi connectivity index (χ1n) is 10.5. The number of nitrogens with zero attached hydrogens (tertiary/aromatic N) is 2. The molecule has 2 N–H and O–H groups in total. The molecule has 0 spiro atoms. The Balaban J connectivity index is 1.55. The van der Waals surface area contributed by atoms with E-state index in [0.29, 0.717) is 36.5 Å². The van der Waals surface area contributed by atoms with Crippen molar-refractivity contribution in [2.24, 2.45) is 5.92 Å². The molecule has 7 nitrogen and oxygen atoms in total. The number of allylic oxidation sites excluding steroid dienone is 3. The molecule has 0 saturated heterocycles. The number of benzene rings is 1. The molecule has 2 aromatic rings. The molecule has 3 rings (SSSR count). The molecule has 0 atom stereocenters. The third-order valence-electron chi connectivity index (χ3n) is 5.25. The van der Waals surface area contributed by atoms with Gasteiger partial charge in [0, 0.05) is 18.9 Å². The fourth-order valence-corrected chi connectivity index (χ4v) is 2.99. The van der Waals surface area contributed by atoms with Gasteiger partial charge in [0.05, 0.1) is 5.56 Å². The number of hydrogen-bond donors (Lipinski definition) is 2. The predicted octanol–water partition coefficient (Wildman–Crippen LogP) is 3.72. The topological polar surface area (TPSA) is 93.2 Å². The van der Waals surface area contributed by atoms with E-state index in [1.165, 1.54) is 18.7 Å². The molecule has 1 aliphatic carbocycles. The normalized spacial score (nSPS) is 14.4. The Morgan fingerprint density at radius 1 is 1.19 bits per heavy atom. The quantitative estimate of drug-likeness (QED) is 0.441. The van der Waals surface area contributed by atoms with Crippen molar-refractivity contribution in [3.8, 4) is 5.75 Å². The second kappa shape index (κ2) is 10.0. The summed E-state index contributed by atoms with van der Waals surface area (Å²) in [6, 6.07) is 7.46. The zero-order chi connectivity index (χ0) is 23.1. The van der Waals surface area contributed by atoms with Crippen molar-refractivity contribution in [1.82, 2.24) is 20.6 Å². The minimum atomic E-state index is -0.864. The minimum absolute atomic E-state index is 0.201. The summed E-state index contributed by atoms with van der Waals surface area (Å²) in [4.78, 5) is 32.7. The fourth-order valence-electron chi connectivity index (χ4n) is 2.99. The van der Waals surface area contributed by atoms with Gasteiger partial charge in [-0.1, -0.05) is 45.2 Å². The molecule has 1 aromatic heterocycles. The molecule has 0 radical (unpaired) electrons. The van der Waals surface area contributed by atoms with E-state index < -0.39 is 5.54 Å². The largest absolute Gasteiger partial charge is 0.457 e. The number of hydrogen-bond acceptors (Lipinski definition) is 5. The van der Waals surface area contributed by atoms with Crippen LogP contribution in [0.4, 0.5) is 0 Å². The number of nitrogens with one attached hydrogen (secondary N) is 2. The van der Waals surface area contributed by atoms with Crippen molar-refractivity contribution in [2.75, 3.05) is 0 Å². The van der Waals surface area contributed by atoms with Crippen molar-refractivity contribution in [3.63, 3.8) is 0 Å². The molecule has 2 amide bonds. The summed E-state index contributed by atoms with van der Waals surface area (Å²) in [5.74, 6) is 1.04. The highest BCUT2D eigenvalue weighted by Crippen LogP contribution is 2.36. The van der Waals surface area contributed by atoms with Gasteiger partial charge in [-0.2, -0.15) is 0 Å². The lowest BCUT2D eigenvalue weighted by Crippen LogP contribution is -2.48. The van der Waals surface area contributed by atoms with E-state index >= 15 is 0 Å². The number of carbonyl (C=O) groups excluding carboxylic acids is 2. The van der Waals surface area contributed by atoms with Gasteiger partial charge >= 0.3 is 0 Å². The molecule has 0 bridgehead atoms. The van der Waals surface area contributed by atoms with Gasteiger partial charge < -0.3 is 15.4 Å². The van der Waals surface area contributed by atoms with Crippen molar-refractivity contribution < 1.29 is 14.3 Å². The molecule has 7 heteroatoms. The second-order valence-corrected chi connectivity index (χ2v) is 8.04. The Kier molecular flexibility index (Phi) is 7.20. The van der Waals surface area contributed by atoms with Crippen LogP contribution in [0.2, 0.25) is 0 Å². The number of ether oxygens (including phenoxy) is 1. The zero-order valence-electron chi connectivity index (χ0n) is 18.4. The Bertz CT molecular complexity index is 1020. The molecule has 1 heterocycles. The summed E-state index contributed by atoms with van der Waals surface area (Å²) in [5.41, 5.74) is 1.27. The Hall–Kier alpha value is -3.74. The summed E-state index contributed by atoms with van der Waals surface area (Å²) in [6.07, 6.45) is 8.86. The molecular formula is C25H28N4O3. The van der Waals surface area contributed by atoms with E-state index in [-0.39, 0.29) is 17.7 Å². The smallest absolute Gasteiger partial charge is 0.255 e. The van der Waals surface area contributed by atoms with Crippen LogP contribution < -0.4 is 15.4 Å². The molecule has 1 saturated carbocycles.